The first-order valence-electron chi connectivity index (χ1n) is 7.80. The van der Waals surface area contributed by atoms with Gasteiger partial charge in [-0.1, -0.05) is 25.5 Å². The van der Waals surface area contributed by atoms with Gasteiger partial charge < -0.3 is 4.74 Å². The minimum absolute atomic E-state index is 0.0381. The summed E-state index contributed by atoms with van der Waals surface area (Å²) < 4.78 is 42.6. The van der Waals surface area contributed by atoms with Crippen molar-refractivity contribution < 1.29 is 32.3 Å². The number of esters is 1. The molecule has 0 radical (unpaired) electrons. The van der Waals surface area contributed by atoms with Gasteiger partial charge in [-0.2, -0.15) is 13.2 Å². The maximum Gasteiger partial charge on any atom is 0.416 e. The Labute approximate surface area is 152 Å². The SMILES string of the molecule is CCCCOC(=O)CN1C(=O)S/C(=C\c2ccc(C(F)(F)F)cc2)C1=O. The fraction of sp³-hybridized carbons (Fsp3) is 0.353. The summed E-state index contributed by atoms with van der Waals surface area (Å²) in [6, 6.07) is 4.19. The number of carbonyl (C=O) groups is 3. The summed E-state index contributed by atoms with van der Waals surface area (Å²) >= 11 is 0.625. The molecule has 140 valence electrons. The number of unbranched alkanes of at least 4 members (excludes halogenated alkanes) is 1. The van der Waals surface area contributed by atoms with Gasteiger partial charge in [0.1, 0.15) is 6.54 Å². The van der Waals surface area contributed by atoms with E-state index in [1.807, 2.05) is 6.92 Å². The van der Waals surface area contributed by atoms with Crippen molar-refractivity contribution in [3.8, 4) is 0 Å². The molecule has 26 heavy (non-hydrogen) atoms. The van der Waals surface area contributed by atoms with Crippen LogP contribution in [0, 0.1) is 0 Å². The number of alkyl halides is 3. The summed E-state index contributed by atoms with van der Waals surface area (Å²) in [7, 11) is 0. The third kappa shape index (κ3) is 5.10. The van der Waals surface area contributed by atoms with Gasteiger partial charge in [-0.05, 0) is 42.0 Å². The van der Waals surface area contributed by atoms with Gasteiger partial charge in [-0.25, -0.2) is 0 Å². The van der Waals surface area contributed by atoms with Gasteiger partial charge in [-0.3, -0.25) is 19.3 Å². The van der Waals surface area contributed by atoms with Gasteiger partial charge in [0.2, 0.25) is 0 Å². The van der Waals surface area contributed by atoms with Crippen LogP contribution in [0.2, 0.25) is 0 Å². The van der Waals surface area contributed by atoms with E-state index >= 15 is 0 Å². The molecule has 9 heteroatoms. The Kier molecular flexibility index (Phi) is 6.47. The second kappa shape index (κ2) is 8.39. The smallest absolute Gasteiger partial charge is 0.416 e. The topological polar surface area (TPSA) is 63.7 Å². The van der Waals surface area contributed by atoms with Crippen molar-refractivity contribution in [1.29, 1.82) is 0 Å². The third-order valence-electron chi connectivity index (χ3n) is 3.46. The van der Waals surface area contributed by atoms with E-state index in [0.29, 0.717) is 23.7 Å². The molecule has 0 atom stereocenters. The predicted molar refractivity (Wildman–Crippen MR) is 90.0 cm³/mol. The number of amides is 2. The third-order valence-corrected chi connectivity index (χ3v) is 4.36. The minimum Gasteiger partial charge on any atom is -0.464 e. The second-order valence-corrected chi connectivity index (χ2v) is 6.45. The Balaban J connectivity index is 2.05. The number of rotatable bonds is 6. The lowest BCUT2D eigenvalue weighted by Crippen LogP contribution is -2.34. The molecule has 1 aliphatic heterocycles. The summed E-state index contributed by atoms with van der Waals surface area (Å²) in [5.41, 5.74) is -0.466. The molecule has 1 aromatic rings. The van der Waals surface area contributed by atoms with Crippen molar-refractivity contribution >= 4 is 35.0 Å². The zero-order valence-electron chi connectivity index (χ0n) is 13.8. The number of thioether (sulfide) groups is 1. The largest absolute Gasteiger partial charge is 0.464 e. The lowest BCUT2D eigenvalue weighted by atomic mass is 10.1. The number of hydrogen-bond donors (Lipinski definition) is 0. The van der Waals surface area contributed by atoms with E-state index in [1.165, 1.54) is 18.2 Å². The summed E-state index contributed by atoms with van der Waals surface area (Å²) in [4.78, 5) is 36.6. The fourth-order valence-electron chi connectivity index (χ4n) is 2.06. The molecule has 1 saturated heterocycles. The number of ether oxygens (including phenoxy) is 1. The van der Waals surface area contributed by atoms with E-state index < -0.39 is 35.4 Å². The van der Waals surface area contributed by atoms with Crippen LogP contribution >= 0.6 is 11.8 Å². The zero-order chi connectivity index (χ0) is 19.3. The Bertz CT molecular complexity index is 729. The second-order valence-electron chi connectivity index (χ2n) is 5.46. The first kappa shape index (κ1) is 20.0. The summed E-state index contributed by atoms with van der Waals surface area (Å²) in [6.07, 6.45) is -1.62. The molecule has 1 heterocycles. The average molecular weight is 387 g/mol. The van der Waals surface area contributed by atoms with E-state index in [2.05, 4.69) is 0 Å². The van der Waals surface area contributed by atoms with Crippen LogP contribution in [-0.2, 0) is 20.5 Å². The number of imide groups is 1. The first-order valence-corrected chi connectivity index (χ1v) is 8.62. The minimum atomic E-state index is -4.45. The predicted octanol–water partition coefficient (Wildman–Crippen LogP) is 4.09. The molecule has 2 amide bonds. The molecule has 0 aliphatic carbocycles. The summed E-state index contributed by atoms with van der Waals surface area (Å²) in [5, 5.41) is -0.624. The van der Waals surface area contributed by atoms with Crippen LogP contribution in [-0.4, -0.2) is 35.2 Å². The molecule has 5 nitrogen and oxygen atoms in total. The van der Waals surface area contributed by atoms with Gasteiger partial charge in [-0.15, -0.1) is 0 Å². The Morgan fingerprint density at radius 2 is 1.88 bits per heavy atom. The highest BCUT2D eigenvalue weighted by atomic mass is 32.2. The molecule has 0 N–H and O–H groups in total. The Morgan fingerprint density at radius 1 is 1.23 bits per heavy atom. The quantitative estimate of drug-likeness (QED) is 0.418. The number of hydrogen-bond acceptors (Lipinski definition) is 5. The maximum atomic E-state index is 12.6. The van der Waals surface area contributed by atoms with E-state index in [1.54, 1.807) is 0 Å². The van der Waals surface area contributed by atoms with Crippen LogP contribution in [0.15, 0.2) is 29.2 Å². The molecule has 2 rings (SSSR count). The maximum absolute atomic E-state index is 12.6. The highest BCUT2D eigenvalue weighted by molar-refractivity contribution is 8.18. The van der Waals surface area contributed by atoms with Gasteiger partial charge in [0.15, 0.2) is 0 Å². The molecule has 0 saturated carbocycles. The van der Waals surface area contributed by atoms with Crippen LogP contribution in [0.1, 0.15) is 30.9 Å². The summed E-state index contributed by atoms with van der Waals surface area (Å²) in [6.45, 7) is 1.65. The monoisotopic (exact) mass is 387 g/mol. The lowest BCUT2D eigenvalue weighted by Gasteiger charge is -2.11. The molecule has 1 aliphatic rings. The van der Waals surface area contributed by atoms with Crippen molar-refractivity contribution in [2.24, 2.45) is 0 Å². The van der Waals surface area contributed by atoms with Gasteiger partial charge >= 0.3 is 12.1 Å². The normalized spacial score (nSPS) is 16.5. The van der Waals surface area contributed by atoms with Crippen molar-refractivity contribution in [2.75, 3.05) is 13.2 Å². The zero-order valence-corrected chi connectivity index (χ0v) is 14.7. The number of halogens is 3. The van der Waals surface area contributed by atoms with Crippen molar-refractivity contribution in [3.05, 3.63) is 40.3 Å². The highest BCUT2D eigenvalue weighted by Gasteiger charge is 2.36. The van der Waals surface area contributed by atoms with Crippen LogP contribution < -0.4 is 0 Å². The molecule has 0 aromatic heterocycles. The van der Waals surface area contributed by atoms with E-state index in [-0.39, 0.29) is 11.5 Å². The Hall–Kier alpha value is -2.29. The van der Waals surface area contributed by atoms with Crippen molar-refractivity contribution in [2.45, 2.75) is 25.9 Å². The van der Waals surface area contributed by atoms with E-state index in [9.17, 15) is 27.6 Å². The first-order chi connectivity index (χ1) is 12.2. The van der Waals surface area contributed by atoms with Crippen LogP contribution in [0.3, 0.4) is 0 Å². The number of benzene rings is 1. The molecule has 0 spiro atoms. The molecule has 1 aromatic carbocycles. The Morgan fingerprint density at radius 3 is 2.46 bits per heavy atom. The van der Waals surface area contributed by atoms with Crippen molar-refractivity contribution in [3.63, 3.8) is 0 Å². The molecule has 0 unspecified atom stereocenters. The van der Waals surface area contributed by atoms with E-state index in [4.69, 9.17) is 4.74 Å². The number of nitrogens with zero attached hydrogens (tertiary/aromatic N) is 1. The van der Waals surface area contributed by atoms with E-state index in [0.717, 1.165) is 23.5 Å². The summed E-state index contributed by atoms with van der Waals surface area (Å²) in [5.74, 6) is -1.36. The molecular weight excluding hydrogens is 371 g/mol. The van der Waals surface area contributed by atoms with Gasteiger partial charge in [0.25, 0.3) is 11.1 Å². The molecule has 0 bridgehead atoms. The average Bonchev–Trinajstić information content (AvgIpc) is 2.82. The highest BCUT2D eigenvalue weighted by Crippen LogP contribution is 2.33. The fourth-order valence-corrected chi connectivity index (χ4v) is 2.90. The van der Waals surface area contributed by atoms with Crippen LogP contribution in [0.5, 0.6) is 0 Å². The number of carbonyl (C=O) groups excluding carboxylic acids is 3. The lowest BCUT2D eigenvalue weighted by molar-refractivity contribution is -0.146. The molecular formula is C17H16F3NO4S. The van der Waals surface area contributed by atoms with Gasteiger partial charge in [0, 0.05) is 0 Å². The van der Waals surface area contributed by atoms with Crippen LogP contribution in [0.4, 0.5) is 18.0 Å². The van der Waals surface area contributed by atoms with Crippen LogP contribution in [0.25, 0.3) is 6.08 Å². The standard InChI is InChI=1S/C17H16F3NO4S/c1-2-3-8-25-14(22)10-21-15(23)13(26-16(21)24)9-11-4-6-12(7-5-11)17(18,19)20/h4-7,9H,2-3,8,10H2,1H3/b13-9-. The molecule has 1 fully saturated rings. The van der Waals surface area contributed by atoms with Gasteiger partial charge in [0.05, 0.1) is 17.1 Å². The van der Waals surface area contributed by atoms with Crippen molar-refractivity contribution in [1.82, 2.24) is 4.90 Å².